The van der Waals surface area contributed by atoms with Crippen molar-refractivity contribution in [3.63, 3.8) is 0 Å². The van der Waals surface area contributed by atoms with Gasteiger partial charge in [-0.1, -0.05) is 6.42 Å². The highest BCUT2D eigenvalue weighted by molar-refractivity contribution is 5.80. The van der Waals surface area contributed by atoms with Crippen LogP contribution in [0.2, 0.25) is 0 Å². The third-order valence-corrected chi connectivity index (χ3v) is 3.06. The maximum absolute atomic E-state index is 11.4. The number of carbonyl (C=O) groups excluding carboxylic acids is 1. The number of carbonyl (C=O) groups is 1. The van der Waals surface area contributed by atoms with Gasteiger partial charge in [0.2, 0.25) is 0 Å². The van der Waals surface area contributed by atoms with Gasteiger partial charge in [-0.15, -0.1) is 0 Å². The number of amides is 1. The first-order valence-corrected chi connectivity index (χ1v) is 4.77. The van der Waals surface area contributed by atoms with Crippen LogP contribution in [0, 0.1) is 11.8 Å². The van der Waals surface area contributed by atoms with E-state index in [9.17, 15) is 4.79 Å². The fourth-order valence-corrected chi connectivity index (χ4v) is 2.45. The van der Waals surface area contributed by atoms with E-state index in [2.05, 4.69) is 10.3 Å². The molecule has 0 bridgehead atoms. The van der Waals surface area contributed by atoms with Crippen molar-refractivity contribution in [1.29, 1.82) is 0 Å². The van der Waals surface area contributed by atoms with Gasteiger partial charge in [-0.2, -0.15) is 0 Å². The predicted octanol–water partition coefficient (Wildman–Crippen LogP) is 0.479. The summed E-state index contributed by atoms with van der Waals surface area (Å²) in [5, 5.41) is 0. The van der Waals surface area contributed by atoms with E-state index in [1.165, 1.54) is 20.0 Å². The van der Waals surface area contributed by atoms with Crippen LogP contribution in [0.4, 0.5) is 0 Å². The molecule has 1 heterocycles. The Hall–Kier alpha value is -0.610. The molecule has 0 aromatic heterocycles. The van der Waals surface area contributed by atoms with E-state index in [0.29, 0.717) is 11.8 Å². The summed E-state index contributed by atoms with van der Waals surface area (Å²) in [5.74, 6) is 0.902. The number of hydrogen-bond donors (Lipinski definition) is 1. The van der Waals surface area contributed by atoms with Crippen molar-refractivity contribution in [2.75, 3.05) is 13.7 Å². The van der Waals surface area contributed by atoms with Crippen LogP contribution < -0.4 is 5.48 Å². The molecule has 1 saturated heterocycles. The molecule has 3 unspecified atom stereocenters. The number of ether oxygens (including phenoxy) is 1. The van der Waals surface area contributed by atoms with Gasteiger partial charge in [0.05, 0.1) is 13.7 Å². The lowest BCUT2D eigenvalue weighted by molar-refractivity contribution is -0.142. The topological polar surface area (TPSA) is 47.6 Å². The molecule has 1 aliphatic carbocycles. The Morgan fingerprint density at radius 1 is 1.54 bits per heavy atom. The lowest BCUT2D eigenvalue weighted by atomic mass is 9.94. The van der Waals surface area contributed by atoms with Crippen LogP contribution in [0.3, 0.4) is 0 Å². The van der Waals surface area contributed by atoms with Crippen molar-refractivity contribution in [2.45, 2.75) is 25.4 Å². The second-order valence-electron chi connectivity index (χ2n) is 3.78. The second kappa shape index (κ2) is 3.64. The Morgan fingerprint density at radius 3 is 3.15 bits per heavy atom. The molecule has 4 heteroatoms. The summed E-state index contributed by atoms with van der Waals surface area (Å²) in [6, 6.07) is 0. The molecular formula is C9H15NO3. The van der Waals surface area contributed by atoms with Gasteiger partial charge in [-0.25, -0.2) is 5.48 Å². The van der Waals surface area contributed by atoms with Crippen LogP contribution >= 0.6 is 0 Å². The summed E-state index contributed by atoms with van der Waals surface area (Å²) in [7, 11) is 1.44. The highest BCUT2D eigenvalue weighted by Gasteiger charge is 2.43. The minimum absolute atomic E-state index is 0.128. The van der Waals surface area contributed by atoms with E-state index in [1.54, 1.807) is 0 Å². The average molecular weight is 185 g/mol. The van der Waals surface area contributed by atoms with Gasteiger partial charge in [0, 0.05) is 0 Å². The van der Waals surface area contributed by atoms with Crippen LogP contribution in [0.5, 0.6) is 0 Å². The lowest BCUT2D eigenvalue weighted by Gasteiger charge is -2.15. The minimum Gasteiger partial charge on any atom is -0.368 e. The molecule has 3 atom stereocenters. The van der Waals surface area contributed by atoms with Crippen LogP contribution in [0.15, 0.2) is 0 Å². The van der Waals surface area contributed by atoms with E-state index in [0.717, 1.165) is 13.0 Å². The van der Waals surface area contributed by atoms with Gasteiger partial charge in [0.25, 0.3) is 5.91 Å². The summed E-state index contributed by atoms with van der Waals surface area (Å²) in [4.78, 5) is 16.0. The molecule has 0 radical (unpaired) electrons. The molecule has 1 saturated carbocycles. The molecule has 0 aromatic carbocycles. The van der Waals surface area contributed by atoms with E-state index in [4.69, 9.17) is 4.74 Å². The quantitative estimate of drug-likeness (QED) is 0.636. The fourth-order valence-electron chi connectivity index (χ4n) is 2.45. The van der Waals surface area contributed by atoms with E-state index in [1.807, 2.05) is 0 Å². The monoisotopic (exact) mass is 185 g/mol. The van der Waals surface area contributed by atoms with E-state index >= 15 is 0 Å². The smallest absolute Gasteiger partial charge is 0.272 e. The number of hydrogen-bond acceptors (Lipinski definition) is 3. The third kappa shape index (κ3) is 1.56. The predicted molar refractivity (Wildman–Crippen MR) is 45.7 cm³/mol. The summed E-state index contributed by atoms with van der Waals surface area (Å²) in [5.41, 5.74) is 2.34. The van der Waals surface area contributed by atoms with Gasteiger partial charge in [-0.3, -0.25) is 9.63 Å². The maximum Gasteiger partial charge on any atom is 0.272 e. The zero-order valence-electron chi connectivity index (χ0n) is 7.79. The van der Waals surface area contributed by atoms with E-state index in [-0.39, 0.29) is 12.0 Å². The van der Waals surface area contributed by atoms with Crippen molar-refractivity contribution in [3.8, 4) is 0 Å². The SMILES string of the molecule is CONC(=O)C1OCC2CCCC21. The summed E-state index contributed by atoms with van der Waals surface area (Å²) in [6.45, 7) is 0.743. The third-order valence-electron chi connectivity index (χ3n) is 3.06. The molecule has 2 fully saturated rings. The summed E-state index contributed by atoms with van der Waals surface area (Å²) in [6.07, 6.45) is 3.29. The lowest BCUT2D eigenvalue weighted by Crippen LogP contribution is -2.37. The maximum atomic E-state index is 11.4. The molecule has 1 aliphatic heterocycles. The highest BCUT2D eigenvalue weighted by Crippen LogP contribution is 2.40. The van der Waals surface area contributed by atoms with Crippen molar-refractivity contribution >= 4 is 5.91 Å². The highest BCUT2D eigenvalue weighted by atomic mass is 16.6. The number of hydroxylamine groups is 1. The summed E-state index contributed by atoms with van der Waals surface area (Å²) < 4.78 is 5.44. The molecule has 13 heavy (non-hydrogen) atoms. The minimum atomic E-state index is -0.271. The summed E-state index contributed by atoms with van der Waals surface area (Å²) >= 11 is 0. The standard InChI is InChI=1S/C9H15NO3/c1-12-10-9(11)8-7-4-2-3-6(7)5-13-8/h6-8H,2-5H2,1H3,(H,10,11). The molecule has 0 aromatic rings. The van der Waals surface area contributed by atoms with Crippen molar-refractivity contribution in [2.24, 2.45) is 11.8 Å². The second-order valence-corrected chi connectivity index (χ2v) is 3.78. The van der Waals surface area contributed by atoms with Gasteiger partial charge in [0.15, 0.2) is 0 Å². The Kier molecular flexibility index (Phi) is 2.51. The van der Waals surface area contributed by atoms with Gasteiger partial charge in [0.1, 0.15) is 6.10 Å². The molecular weight excluding hydrogens is 170 g/mol. The molecule has 1 N–H and O–H groups in total. The number of nitrogens with one attached hydrogen (secondary N) is 1. The molecule has 2 aliphatic rings. The molecule has 2 rings (SSSR count). The number of fused-ring (bicyclic) bond motifs is 1. The Labute approximate surface area is 77.5 Å². The normalized spacial score (nSPS) is 37.5. The van der Waals surface area contributed by atoms with Crippen molar-refractivity contribution in [3.05, 3.63) is 0 Å². The van der Waals surface area contributed by atoms with Crippen LogP contribution in [0.25, 0.3) is 0 Å². The van der Waals surface area contributed by atoms with Crippen LogP contribution in [-0.4, -0.2) is 25.7 Å². The first-order chi connectivity index (χ1) is 6.33. The van der Waals surface area contributed by atoms with Gasteiger partial charge >= 0.3 is 0 Å². The first-order valence-electron chi connectivity index (χ1n) is 4.77. The zero-order valence-corrected chi connectivity index (χ0v) is 7.79. The zero-order chi connectivity index (χ0) is 9.26. The van der Waals surface area contributed by atoms with Crippen molar-refractivity contribution < 1.29 is 14.4 Å². The first kappa shape index (κ1) is 8.97. The van der Waals surface area contributed by atoms with Gasteiger partial charge < -0.3 is 4.74 Å². The molecule has 0 spiro atoms. The van der Waals surface area contributed by atoms with Crippen LogP contribution in [0.1, 0.15) is 19.3 Å². The Balaban J connectivity index is 1.96. The van der Waals surface area contributed by atoms with Crippen LogP contribution in [-0.2, 0) is 14.4 Å². The number of rotatable bonds is 2. The van der Waals surface area contributed by atoms with Crippen molar-refractivity contribution in [1.82, 2.24) is 5.48 Å². The van der Waals surface area contributed by atoms with Gasteiger partial charge in [-0.05, 0) is 24.7 Å². The Morgan fingerprint density at radius 2 is 2.38 bits per heavy atom. The largest absolute Gasteiger partial charge is 0.368 e. The average Bonchev–Trinajstić information content (AvgIpc) is 2.62. The molecule has 4 nitrogen and oxygen atoms in total. The van der Waals surface area contributed by atoms with E-state index < -0.39 is 0 Å². The molecule has 1 amide bonds. The molecule has 74 valence electrons. The Bertz CT molecular complexity index is 207. The fraction of sp³-hybridized carbons (Fsp3) is 0.889.